The smallest absolute Gasteiger partial charge is 0.352 e. The van der Waals surface area contributed by atoms with Crippen molar-refractivity contribution in [3.8, 4) is 0 Å². The molecule has 19 heavy (non-hydrogen) atoms. The Hall–Kier alpha value is -1.78. The van der Waals surface area contributed by atoms with E-state index >= 15 is 0 Å². The third-order valence-electron chi connectivity index (χ3n) is 3.82. The van der Waals surface area contributed by atoms with Crippen LogP contribution in [0.5, 0.6) is 0 Å². The van der Waals surface area contributed by atoms with Crippen molar-refractivity contribution in [3.63, 3.8) is 0 Å². The lowest BCUT2D eigenvalue weighted by atomic mass is 9.86. The van der Waals surface area contributed by atoms with Crippen LogP contribution in [0.3, 0.4) is 0 Å². The second-order valence-corrected chi connectivity index (χ2v) is 5.26. The third-order valence-corrected chi connectivity index (χ3v) is 3.82. The number of amides is 1. The van der Waals surface area contributed by atoms with E-state index in [0.29, 0.717) is 5.92 Å². The molecule has 2 rings (SSSR count). The summed E-state index contributed by atoms with van der Waals surface area (Å²) in [7, 11) is 0. The zero-order valence-electron chi connectivity index (χ0n) is 11.1. The Bertz CT molecular complexity index is 467. The van der Waals surface area contributed by atoms with Crippen molar-refractivity contribution in [2.45, 2.75) is 45.2 Å². The van der Waals surface area contributed by atoms with Crippen molar-refractivity contribution < 1.29 is 14.7 Å². The highest BCUT2D eigenvalue weighted by atomic mass is 16.4. The largest absolute Gasteiger partial charge is 0.477 e. The molecule has 0 radical (unpaired) electrons. The van der Waals surface area contributed by atoms with Crippen molar-refractivity contribution in [1.82, 2.24) is 9.88 Å². The molecule has 1 aliphatic rings. The van der Waals surface area contributed by atoms with Gasteiger partial charge in [0.1, 0.15) is 12.2 Å². The van der Waals surface area contributed by atoms with Crippen molar-refractivity contribution in [2.75, 3.05) is 0 Å². The number of carbonyl (C=O) groups excluding carboxylic acids is 1. The van der Waals surface area contributed by atoms with Gasteiger partial charge in [-0.15, -0.1) is 0 Å². The first-order valence-corrected chi connectivity index (χ1v) is 6.75. The van der Waals surface area contributed by atoms with Crippen LogP contribution in [0.25, 0.3) is 0 Å². The van der Waals surface area contributed by atoms with Crippen LogP contribution in [-0.4, -0.2) is 27.6 Å². The van der Waals surface area contributed by atoms with Gasteiger partial charge in [-0.2, -0.15) is 0 Å². The minimum atomic E-state index is -1.01. The van der Waals surface area contributed by atoms with E-state index in [4.69, 9.17) is 5.11 Å². The average Bonchev–Trinajstić information content (AvgIpc) is 2.80. The number of hydrogen-bond donors (Lipinski definition) is 2. The van der Waals surface area contributed by atoms with Gasteiger partial charge in [0, 0.05) is 12.2 Å². The van der Waals surface area contributed by atoms with Gasteiger partial charge < -0.3 is 15.0 Å². The van der Waals surface area contributed by atoms with E-state index in [1.807, 2.05) is 0 Å². The Kier molecular flexibility index (Phi) is 4.24. The second kappa shape index (κ2) is 5.91. The SMILES string of the molecule is CC1CCCCC1NC(=O)Cn1cccc1C(=O)O. The Morgan fingerprint density at radius 1 is 1.42 bits per heavy atom. The van der Waals surface area contributed by atoms with Gasteiger partial charge in [-0.05, 0) is 30.9 Å². The first-order valence-electron chi connectivity index (χ1n) is 6.75. The molecule has 2 unspecified atom stereocenters. The second-order valence-electron chi connectivity index (χ2n) is 5.26. The summed E-state index contributed by atoms with van der Waals surface area (Å²) in [5.74, 6) is -0.623. The molecule has 1 aromatic heterocycles. The van der Waals surface area contributed by atoms with E-state index in [-0.39, 0.29) is 24.2 Å². The summed E-state index contributed by atoms with van der Waals surface area (Å²) in [5, 5.41) is 12.0. The van der Waals surface area contributed by atoms with Crippen LogP contribution < -0.4 is 5.32 Å². The van der Waals surface area contributed by atoms with Crippen molar-refractivity contribution >= 4 is 11.9 Å². The molecule has 0 spiro atoms. The topological polar surface area (TPSA) is 71.3 Å². The fourth-order valence-corrected chi connectivity index (χ4v) is 2.68. The molecule has 104 valence electrons. The van der Waals surface area contributed by atoms with Gasteiger partial charge in [0.05, 0.1) is 0 Å². The van der Waals surface area contributed by atoms with Crippen LogP contribution in [0.15, 0.2) is 18.3 Å². The van der Waals surface area contributed by atoms with Gasteiger partial charge in [0.25, 0.3) is 0 Å². The zero-order valence-corrected chi connectivity index (χ0v) is 11.1. The number of hydrogen-bond acceptors (Lipinski definition) is 2. The molecule has 0 aliphatic heterocycles. The molecule has 2 N–H and O–H groups in total. The van der Waals surface area contributed by atoms with Gasteiger partial charge in [-0.25, -0.2) is 4.79 Å². The van der Waals surface area contributed by atoms with Crippen LogP contribution in [0, 0.1) is 5.92 Å². The lowest BCUT2D eigenvalue weighted by molar-refractivity contribution is -0.122. The molecular formula is C14H20N2O3. The maximum absolute atomic E-state index is 12.0. The van der Waals surface area contributed by atoms with Crippen LogP contribution in [0.1, 0.15) is 43.1 Å². The number of carboxylic acids is 1. The molecule has 1 saturated carbocycles. The summed E-state index contributed by atoms with van der Waals surface area (Å²) >= 11 is 0. The van der Waals surface area contributed by atoms with Crippen molar-refractivity contribution in [3.05, 3.63) is 24.0 Å². The quantitative estimate of drug-likeness (QED) is 0.872. The van der Waals surface area contributed by atoms with Gasteiger partial charge in [0.2, 0.25) is 5.91 Å². The molecule has 0 bridgehead atoms. The maximum atomic E-state index is 12.0. The monoisotopic (exact) mass is 264 g/mol. The predicted octanol–water partition coefficient (Wildman–Crippen LogP) is 1.88. The summed E-state index contributed by atoms with van der Waals surface area (Å²) in [5.41, 5.74) is 0.145. The summed E-state index contributed by atoms with van der Waals surface area (Å²) in [6, 6.07) is 3.36. The predicted molar refractivity (Wildman–Crippen MR) is 71.0 cm³/mol. The summed E-state index contributed by atoms with van der Waals surface area (Å²) in [6.45, 7) is 2.22. The highest BCUT2D eigenvalue weighted by Crippen LogP contribution is 2.23. The van der Waals surface area contributed by atoms with E-state index in [2.05, 4.69) is 12.2 Å². The molecule has 0 aromatic carbocycles. The van der Waals surface area contributed by atoms with Crippen LogP contribution in [0.2, 0.25) is 0 Å². The lowest BCUT2D eigenvalue weighted by Gasteiger charge is -2.29. The van der Waals surface area contributed by atoms with Crippen molar-refractivity contribution in [1.29, 1.82) is 0 Å². The normalized spacial score (nSPS) is 23.0. The molecule has 5 nitrogen and oxygen atoms in total. The molecule has 1 aromatic rings. The summed E-state index contributed by atoms with van der Waals surface area (Å²) in [4.78, 5) is 22.9. The molecule has 0 saturated heterocycles. The highest BCUT2D eigenvalue weighted by molar-refractivity contribution is 5.86. The molecule has 2 atom stereocenters. The van der Waals surface area contributed by atoms with Gasteiger partial charge in [0.15, 0.2) is 0 Å². The number of aromatic carboxylic acids is 1. The van der Waals surface area contributed by atoms with Crippen molar-refractivity contribution in [2.24, 2.45) is 5.92 Å². The van der Waals surface area contributed by atoms with Crippen LogP contribution >= 0.6 is 0 Å². The van der Waals surface area contributed by atoms with Gasteiger partial charge in [-0.3, -0.25) is 4.79 Å². The molecule has 1 fully saturated rings. The first-order chi connectivity index (χ1) is 9.08. The standard InChI is InChI=1S/C14H20N2O3/c1-10-5-2-3-6-11(10)15-13(17)9-16-8-4-7-12(16)14(18)19/h4,7-8,10-11H,2-3,5-6,9H2,1H3,(H,15,17)(H,18,19). The Labute approximate surface area is 112 Å². The summed E-state index contributed by atoms with van der Waals surface area (Å²) < 4.78 is 1.46. The maximum Gasteiger partial charge on any atom is 0.352 e. The number of rotatable bonds is 4. The molecule has 1 aliphatic carbocycles. The van der Waals surface area contributed by atoms with Crippen LogP contribution in [0.4, 0.5) is 0 Å². The Balaban J connectivity index is 1.93. The van der Waals surface area contributed by atoms with E-state index in [9.17, 15) is 9.59 Å². The third kappa shape index (κ3) is 3.36. The fourth-order valence-electron chi connectivity index (χ4n) is 2.68. The molecule has 1 amide bonds. The fraction of sp³-hybridized carbons (Fsp3) is 0.571. The van der Waals surface area contributed by atoms with E-state index in [0.717, 1.165) is 19.3 Å². The molecule has 5 heteroatoms. The Morgan fingerprint density at radius 3 is 2.84 bits per heavy atom. The average molecular weight is 264 g/mol. The Morgan fingerprint density at radius 2 is 2.16 bits per heavy atom. The number of carbonyl (C=O) groups is 2. The number of carboxylic acid groups (broad SMARTS) is 1. The molecular weight excluding hydrogens is 244 g/mol. The number of nitrogens with one attached hydrogen (secondary N) is 1. The summed E-state index contributed by atoms with van der Waals surface area (Å²) in [6.07, 6.45) is 6.17. The minimum Gasteiger partial charge on any atom is -0.477 e. The number of nitrogens with zero attached hydrogens (tertiary/aromatic N) is 1. The highest BCUT2D eigenvalue weighted by Gasteiger charge is 2.23. The number of aromatic nitrogens is 1. The van der Waals surface area contributed by atoms with E-state index in [1.54, 1.807) is 12.3 Å². The van der Waals surface area contributed by atoms with Gasteiger partial charge in [-0.1, -0.05) is 19.8 Å². The minimum absolute atomic E-state index is 0.0673. The van der Waals surface area contributed by atoms with Gasteiger partial charge >= 0.3 is 5.97 Å². The molecule has 1 heterocycles. The first kappa shape index (κ1) is 13.6. The van der Waals surface area contributed by atoms with Crippen LogP contribution in [-0.2, 0) is 11.3 Å². The zero-order chi connectivity index (χ0) is 13.8. The van der Waals surface area contributed by atoms with E-state index < -0.39 is 5.97 Å². The lowest BCUT2D eigenvalue weighted by Crippen LogP contribution is -2.42. The van der Waals surface area contributed by atoms with E-state index in [1.165, 1.54) is 17.1 Å².